The molecule has 3 nitrogen and oxygen atoms in total. The fraction of sp³-hybridized carbons (Fsp3) is 0.364. The molecule has 102 valence electrons. The number of hydrogen-bond donors (Lipinski definition) is 2. The molecule has 0 aromatic heterocycles. The Morgan fingerprint density at radius 1 is 1.39 bits per heavy atom. The average Bonchev–Trinajstić information content (AvgIpc) is 2.19. The lowest BCUT2D eigenvalue weighted by Gasteiger charge is -2.19. The number of rotatable bonds is 3. The van der Waals surface area contributed by atoms with E-state index in [2.05, 4.69) is 5.32 Å². The molecule has 0 fully saturated rings. The van der Waals surface area contributed by atoms with Gasteiger partial charge in [-0.2, -0.15) is 0 Å². The van der Waals surface area contributed by atoms with Crippen molar-refractivity contribution < 1.29 is 13.6 Å². The van der Waals surface area contributed by atoms with Gasteiger partial charge in [0.05, 0.1) is 5.56 Å². The number of nitrogens with two attached hydrogens (primary N) is 1. The van der Waals surface area contributed by atoms with Crippen LogP contribution in [0.15, 0.2) is 12.1 Å². The molecular formula is C11H14ClF2IN2O. The average molecular weight is 391 g/mol. The Kier molecular flexibility index (Phi) is 6.45. The fourth-order valence-corrected chi connectivity index (χ4v) is 1.77. The number of carbonyl (C=O) groups excluding carboxylic acids is 1. The second kappa shape index (κ2) is 6.63. The number of hydrogen-bond acceptors (Lipinski definition) is 2. The summed E-state index contributed by atoms with van der Waals surface area (Å²) in [6.45, 7) is 3.76. The Morgan fingerprint density at radius 2 is 1.89 bits per heavy atom. The van der Waals surface area contributed by atoms with Crippen LogP contribution in [0.2, 0.25) is 0 Å². The number of benzene rings is 1. The molecule has 1 rings (SSSR count). The maximum atomic E-state index is 13.0. The lowest BCUT2D eigenvalue weighted by Crippen LogP contribution is -2.45. The number of halogens is 4. The Hall–Kier alpha value is -0.470. The van der Waals surface area contributed by atoms with Crippen LogP contribution in [0.5, 0.6) is 0 Å². The minimum atomic E-state index is -1.04. The predicted molar refractivity (Wildman–Crippen MR) is 76.9 cm³/mol. The Labute approximate surface area is 124 Å². The summed E-state index contributed by atoms with van der Waals surface area (Å²) < 4.78 is 26.2. The van der Waals surface area contributed by atoms with Crippen LogP contribution < -0.4 is 11.1 Å². The van der Waals surface area contributed by atoms with Crippen LogP contribution in [-0.2, 0) is 0 Å². The van der Waals surface area contributed by atoms with E-state index in [9.17, 15) is 13.6 Å². The molecule has 0 aliphatic carbocycles. The van der Waals surface area contributed by atoms with Gasteiger partial charge in [0.2, 0.25) is 0 Å². The summed E-state index contributed by atoms with van der Waals surface area (Å²) in [6.07, 6.45) is 0. The van der Waals surface area contributed by atoms with E-state index in [0.717, 1.165) is 12.1 Å². The van der Waals surface area contributed by atoms with Gasteiger partial charge >= 0.3 is 0 Å². The molecule has 1 aromatic carbocycles. The number of amides is 1. The highest BCUT2D eigenvalue weighted by atomic mass is 127. The van der Waals surface area contributed by atoms with Crippen LogP contribution >= 0.6 is 35.0 Å². The molecule has 0 spiro atoms. The number of carbonyl (C=O) groups is 1. The van der Waals surface area contributed by atoms with E-state index in [0.29, 0.717) is 3.57 Å². The zero-order valence-electron chi connectivity index (χ0n) is 9.89. The third kappa shape index (κ3) is 5.03. The molecule has 3 N–H and O–H groups in total. The van der Waals surface area contributed by atoms with Gasteiger partial charge in [0.25, 0.3) is 5.91 Å². The third-order valence-corrected chi connectivity index (χ3v) is 2.85. The van der Waals surface area contributed by atoms with E-state index in [4.69, 9.17) is 5.73 Å². The summed E-state index contributed by atoms with van der Waals surface area (Å²) in [5.74, 6) is -2.47. The Morgan fingerprint density at radius 3 is 2.39 bits per heavy atom. The highest BCUT2D eigenvalue weighted by Crippen LogP contribution is 2.17. The Bertz CT molecular complexity index is 449. The summed E-state index contributed by atoms with van der Waals surface area (Å²) in [5.41, 5.74) is 5.25. The SMILES string of the molecule is CC(C)(N)CNC(=O)c1cc(F)c(F)cc1I.Cl. The summed E-state index contributed by atoms with van der Waals surface area (Å²) in [4.78, 5) is 11.7. The fourth-order valence-electron chi connectivity index (χ4n) is 1.10. The number of nitrogens with one attached hydrogen (secondary N) is 1. The minimum Gasteiger partial charge on any atom is -0.350 e. The van der Waals surface area contributed by atoms with Crippen molar-refractivity contribution in [3.05, 3.63) is 32.9 Å². The van der Waals surface area contributed by atoms with Crippen molar-refractivity contribution in [2.75, 3.05) is 6.54 Å². The standard InChI is InChI=1S/C11H13F2IN2O.ClH/c1-11(2,15)5-16-10(17)6-3-7(12)8(13)4-9(6)14;/h3-4H,5,15H2,1-2H3,(H,16,17);1H. The van der Waals surface area contributed by atoms with Crippen LogP contribution in [0.1, 0.15) is 24.2 Å². The summed E-state index contributed by atoms with van der Waals surface area (Å²) >= 11 is 1.78. The lowest BCUT2D eigenvalue weighted by molar-refractivity contribution is 0.0944. The zero-order valence-corrected chi connectivity index (χ0v) is 12.9. The highest BCUT2D eigenvalue weighted by Gasteiger charge is 2.17. The van der Waals surface area contributed by atoms with Gasteiger partial charge in [0.15, 0.2) is 11.6 Å². The van der Waals surface area contributed by atoms with Crippen molar-refractivity contribution in [2.45, 2.75) is 19.4 Å². The minimum absolute atomic E-state index is 0. The summed E-state index contributed by atoms with van der Waals surface area (Å²) in [7, 11) is 0. The molecule has 0 unspecified atom stereocenters. The lowest BCUT2D eigenvalue weighted by atomic mass is 10.1. The first-order valence-electron chi connectivity index (χ1n) is 4.92. The molecule has 1 aromatic rings. The molecule has 18 heavy (non-hydrogen) atoms. The van der Waals surface area contributed by atoms with Gasteiger partial charge < -0.3 is 11.1 Å². The van der Waals surface area contributed by atoms with Gasteiger partial charge in [-0.1, -0.05) is 0 Å². The molecule has 0 atom stereocenters. The van der Waals surface area contributed by atoms with E-state index in [1.54, 1.807) is 36.4 Å². The van der Waals surface area contributed by atoms with Crippen molar-refractivity contribution in [3.8, 4) is 0 Å². The first-order valence-corrected chi connectivity index (χ1v) is 6.00. The summed E-state index contributed by atoms with van der Waals surface area (Å²) in [5, 5.41) is 2.57. The van der Waals surface area contributed by atoms with E-state index in [1.165, 1.54) is 0 Å². The van der Waals surface area contributed by atoms with Gasteiger partial charge in [-0.3, -0.25) is 4.79 Å². The van der Waals surface area contributed by atoms with Gasteiger partial charge in [-0.25, -0.2) is 8.78 Å². The van der Waals surface area contributed by atoms with Gasteiger partial charge in [-0.05, 0) is 48.6 Å². The van der Waals surface area contributed by atoms with Gasteiger partial charge in [0, 0.05) is 15.7 Å². The van der Waals surface area contributed by atoms with Crippen molar-refractivity contribution in [1.29, 1.82) is 0 Å². The van der Waals surface area contributed by atoms with Gasteiger partial charge in [-0.15, -0.1) is 12.4 Å². The second-order valence-electron chi connectivity index (χ2n) is 4.42. The Balaban J connectivity index is 0.00000289. The molecule has 1 amide bonds. The first kappa shape index (κ1) is 17.5. The monoisotopic (exact) mass is 390 g/mol. The van der Waals surface area contributed by atoms with E-state index in [1.807, 2.05) is 0 Å². The largest absolute Gasteiger partial charge is 0.350 e. The van der Waals surface area contributed by atoms with Gasteiger partial charge in [0.1, 0.15) is 0 Å². The molecular weight excluding hydrogens is 376 g/mol. The van der Waals surface area contributed by atoms with E-state index in [-0.39, 0.29) is 24.5 Å². The van der Waals surface area contributed by atoms with Crippen LogP contribution in [0.4, 0.5) is 8.78 Å². The molecule has 0 radical (unpaired) electrons. The second-order valence-corrected chi connectivity index (χ2v) is 5.58. The smallest absolute Gasteiger partial charge is 0.252 e. The van der Waals surface area contributed by atoms with Crippen LogP contribution in [0.25, 0.3) is 0 Å². The summed E-state index contributed by atoms with van der Waals surface area (Å²) in [6, 6.07) is 1.87. The van der Waals surface area contributed by atoms with Crippen LogP contribution in [0, 0.1) is 15.2 Å². The van der Waals surface area contributed by atoms with Crippen LogP contribution in [0.3, 0.4) is 0 Å². The van der Waals surface area contributed by atoms with Crippen LogP contribution in [-0.4, -0.2) is 18.0 Å². The molecule has 0 saturated heterocycles. The maximum Gasteiger partial charge on any atom is 0.252 e. The van der Waals surface area contributed by atoms with Crippen molar-refractivity contribution in [2.24, 2.45) is 5.73 Å². The first-order chi connectivity index (χ1) is 7.70. The third-order valence-electron chi connectivity index (χ3n) is 1.96. The maximum absolute atomic E-state index is 13.0. The van der Waals surface area contributed by atoms with Crippen molar-refractivity contribution in [3.63, 3.8) is 0 Å². The van der Waals surface area contributed by atoms with E-state index >= 15 is 0 Å². The predicted octanol–water partition coefficient (Wildman–Crippen LogP) is 2.46. The molecule has 0 aliphatic heterocycles. The quantitative estimate of drug-likeness (QED) is 0.615. The normalized spacial score (nSPS) is 10.8. The zero-order chi connectivity index (χ0) is 13.2. The molecule has 0 saturated carbocycles. The molecule has 7 heteroatoms. The van der Waals surface area contributed by atoms with Crippen molar-refractivity contribution in [1.82, 2.24) is 5.32 Å². The molecule has 0 aliphatic rings. The van der Waals surface area contributed by atoms with Crippen molar-refractivity contribution >= 4 is 40.9 Å². The highest BCUT2D eigenvalue weighted by molar-refractivity contribution is 14.1. The molecule has 0 heterocycles. The topological polar surface area (TPSA) is 55.1 Å². The molecule has 0 bridgehead atoms. The van der Waals surface area contributed by atoms with E-state index < -0.39 is 23.1 Å².